The van der Waals surface area contributed by atoms with E-state index in [-0.39, 0.29) is 12.4 Å². The maximum absolute atomic E-state index is 2.36. The quantitative estimate of drug-likeness (QED) is 0.634. The molecular weight excluding hydrogens is 254 g/mol. The van der Waals surface area contributed by atoms with E-state index in [9.17, 15) is 0 Å². The van der Waals surface area contributed by atoms with Gasteiger partial charge in [-0.2, -0.15) is 0 Å². The zero-order chi connectivity index (χ0) is 13.4. The fraction of sp³-hybridized carbons (Fsp3) is 0.647. The minimum absolute atomic E-state index is 0. The van der Waals surface area contributed by atoms with Gasteiger partial charge in [0.1, 0.15) is 6.54 Å². The molecular formula is C17H30ClN. The standard InChI is InChI=1S/C17H30N.ClH/c1-5-7-11-16(6-2)14-18(3,4)15-17-12-9-8-10-13-17;/h8-10,12-13,16H,5-7,11,14-15H2,1-4H3;1H/q+1;/p-1. The molecule has 0 aliphatic rings. The molecule has 1 aromatic rings. The number of halogens is 1. The largest absolute Gasteiger partial charge is 1.00 e. The molecule has 1 rings (SSSR count). The van der Waals surface area contributed by atoms with Gasteiger partial charge in [-0.15, -0.1) is 0 Å². The lowest BCUT2D eigenvalue weighted by molar-refractivity contribution is -0.907. The molecule has 1 aromatic carbocycles. The topological polar surface area (TPSA) is 0 Å². The first-order valence-corrected chi connectivity index (χ1v) is 7.43. The number of hydrogen-bond acceptors (Lipinski definition) is 0. The van der Waals surface area contributed by atoms with Gasteiger partial charge in [0, 0.05) is 11.5 Å². The van der Waals surface area contributed by atoms with Crippen LogP contribution in [-0.2, 0) is 6.54 Å². The molecule has 0 saturated carbocycles. The van der Waals surface area contributed by atoms with Crippen LogP contribution in [0, 0.1) is 5.92 Å². The van der Waals surface area contributed by atoms with Crippen LogP contribution in [0.5, 0.6) is 0 Å². The van der Waals surface area contributed by atoms with Gasteiger partial charge in [-0.25, -0.2) is 0 Å². The lowest BCUT2D eigenvalue weighted by Gasteiger charge is -2.33. The second-order valence-corrected chi connectivity index (χ2v) is 6.18. The first-order valence-electron chi connectivity index (χ1n) is 7.43. The monoisotopic (exact) mass is 283 g/mol. The average Bonchev–Trinajstić information content (AvgIpc) is 2.35. The van der Waals surface area contributed by atoms with Crippen LogP contribution in [0.25, 0.3) is 0 Å². The zero-order valence-corrected chi connectivity index (χ0v) is 13.8. The third kappa shape index (κ3) is 7.59. The minimum Gasteiger partial charge on any atom is -1.00 e. The lowest BCUT2D eigenvalue weighted by atomic mass is 9.98. The summed E-state index contributed by atoms with van der Waals surface area (Å²) in [4.78, 5) is 0. The van der Waals surface area contributed by atoms with Gasteiger partial charge >= 0.3 is 0 Å². The highest BCUT2D eigenvalue weighted by Gasteiger charge is 2.21. The Morgan fingerprint density at radius 1 is 1.05 bits per heavy atom. The van der Waals surface area contributed by atoms with Crippen molar-refractivity contribution in [3.05, 3.63) is 35.9 Å². The molecule has 0 bridgehead atoms. The van der Waals surface area contributed by atoms with Crippen molar-refractivity contribution < 1.29 is 16.9 Å². The summed E-state index contributed by atoms with van der Waals surface area (Å²) in [6.07, 6.45) is 5.41. The molecule has 0 saturated heterocycles. The third-order valence-electron chi connectivity index (χ3n) is 3.75. The average molecular weight is 284 g/mol. The minimum atomic E-state index is 0. The molecule has 0 aliphatic carbocycles. The lowest BCUT2D eigenvalue weighted by Crippen LogP contribution is -3.00. The van der Waals surface area contributed by atoms with Gasteiger partial charge < -0.3 is 16.9 Å². The van der Waals surface area contributed by atoms with Crippen LogP contribution in [0.4, 0.5) is 0 Å². The fourth-order valence-electron chi connectivity index (χ4n) is 2.76. The molecule has 0 heterocycles. The van der Waals surface area contributed by atoms with Crippen LogP contribution in [0.15, 0.2) is 30.3 Å². The summed E-state index contributed by atoms with van der Waals surface area (Å²) in [5.74, 6) is 0.878. The molecule has 0 aromatic heterocycles. The van der Waals surface area contributed by atoms with Crippen molar-refractivity contribution in [3.8, 4) is 0 Å². The van der Waals surface area contributed by atoms with E-state index in [2.05, 4.69) is 58.3 Å². The van der Waals surface area contributed by atoms with Gasteiger partial charge in [0.2, 0.25) is 0 Å². The molecule has 110 valence electrons. The fourth-order valence-corrected chi connectivity index (χ4v) is 2.76. The van der Waals surface area contributed by atoms with Crippen molar-refractivity contribution in [1.82, 2.24) is 0 Å². The van der Waals surface area contributed by atoms with E-state index in [1.165, 1.54) is 37.8 Å². The Labute approximate surface area is 126 Å². The number of benzene rings is 1. The molecule has 2 heteroatoms. The Bertz CT molecular complexity index is 321. The second kappa shape index (κ2) is 9.39. The summed E-state index contributed by atoms with van der Waals surface area (Å²) >= 11 is 0. The normalized spacial score (nSPS) is 12.8. The van der Waals surface area contributed by atoms with Crippen LogP contribution in [-0.4, -0.2) is 25.1 Å². The Morgan fingerprint density at radius 3 is 2.21 bits per heavy atom. The highest BCUT2D eigenvalue weighted by atomic mass is 35.5. The van der Waals surface area contributed by atoms with Gasteiger partial charge in [0.15, 0.2) is 0 Å². The number of quaternary nitrogens is 1. The zero-order valence-electron chi connectivity index (χ0n) is 13.0. The Hall–Kier alpha value is -0.530. The Morgan fingerprint density at radius 2 is 1.68 bits per heavy atom. The smallest absolute Gasteiger partial charge is 0.104 e. The van der Waals surface area contributed by atoms with Gasteiger partial charge in [-0.05, 0) is 12.8 Å². The summed E-state index contributed by atoms with van der Waals surface area (Å²) in [6, 6.07) is 10.9. The van der Waals surface area contributed by atoms with Crippen molar-refractivity contribution in [1.29, 1.82) is 0 Å². The highest BCUT2D eigenvalue weighted by molar-refractivity contribution is 5.13. The van der Waals surface area contributed by atoms with Gasteiger partial charge in [0.25, 0.3) is 0 Å². The van der Waals surface area contributed by atoms with E-state index in [0.29, 0.717) is 0 Å². The van der Waals surface area contributed by atoms with Crippen molar-refractivity contribution in [2.75, 3.05) is 20.6 Å². The third-order valence-corrected chi connectivity index (χ3v) is 3.75. The van der Waals surface area contributed by atoms with Gasteiger partial charge in [-0.1, -0.05) is 57.0 Å². The van der Waals surface area contributed by atoms with Crippen molar-refractivity contribution in [2.45, 2.75) is 46.1 Å². The van der Waals surface area contributed by atoms with Gasteiger partial charge in [0.05, 0.1) is 20.6 Å². The van der Waals surface area contributed by atoms with Crippen LogP contribution in [0.3, 0.4) is 0 Å². The van der Waals surface area contributed by atoms with E-state index in [1.54, 1.807) is 0 Å². The summed E-state index contributed by atoms with van der Waals surface area (Å²) in [7, 11) is 4.73. The molecule has 0 aliphatic heterocycles. The Balaban J connectivity index is 0.00000324. The van der Waals surface area contributed by atoms with E-state index in [1.807, 2.05) is 0 Å². The van der Waals surface area contributed by atoms with E-state index < -0.39 is 0 Å². The van der Waals surface area contributed by atoms with Crippen molar-refractivity contribution in [2.24, 2.45) is 5.92 Å². The van der Waals surface area contributed by atoms with E-state index in [0.717, 1.165) is 16.9 Å². The molecule has 0 amide bonds. The molecule has 1 nitrogen and oxygen atoms in total. The molecule has 0 radical (unpaired) electrons. The van der Waals surface area contributed by atoms with E-state index >= 15 is 0 Å². The maximum Gasteiger partial charge on any atom is 0.104 e. The van der Waals surface area contributed by atoms with Crippen LogP contribution < -0.4 is 12.4 Å². The number of unbranched alkanes of at least 4 members (excludes halogenated alkanes) is 1. The molecule has 0 fully saturated rings. The summed E-state index contributed by atoms with van der Waals surface area (Å²) in [6.45, 7) is 7.06. The Kier molecular flexibility index (Phi) is 9.12. The van der Waals surface area contributed by atoms with Crippen molar-refractivity contribution >= 4 is 0 Å². The van der Waals surface area contributed by atoms with Crippen LogP contribution in [0.2, 0.25) is 0 Å². The van der Waals surface area contributed by atoms with E-state index in [4.69, 9.17) is 0 Å². The summed E-state index contributed by atoms with van der Waals surface area (Å²) in [5, 5.41) is 0. The summed E-state index contributed by atoms with van der Waals surface area (Å²) < 4.78 is 1.10. The van der Waals surface area contributed by atoms with Crippen molar-refractivity contribution in [3.63, 3.8) is 0 Å². The van der Waals surface area contributed by atoms with Crippen LogP contribution in [0.1, 0.15) is 45.1 Å². The SMILES string of the molecule is CCCCC(CC)C[N+](C)(C)Cc1ccccc1.[Cl-]. The molecule has 0 spiro atoms. The molecule has 0 N–H and O–H groups in total. The molecule has 1 unspecified atom stereocenters. The second-order valence-electron chi connectivity index (χ2n) is 6.18. The maximum atomic E-state index is 2.36. The molecule has 1 atom stereocenters. The highest BCUT2D eigenvalue weighted by Crippen LogP contribution is 2.19. The number of rotatable bonds is 8. The predicted octanol–water partition coefficient (Wildman–Crippen LogP) is 1.48. The molecule has 19 heavy (non-hydrogen) atoms. The summed E-state index contributed by atoms with van der Waals surface area (Å²) in [5.41, 5.74) is 1.45. The first-order chi connectivity index (χ1) is 8.57. The van der Waals surface area contributed by atoms with Gasteiger partial charge in [-0.3, -0.25) is 0 Å². The van der Waals surface area contributed by atoms with Crippen LogP contribution >= 0.6 is 0 Å². The predicted molar refractivity (Wildman–Crippen MR) is 80.4 cm³/mol. The number of nitrogens with zero attached hydrogens (tertiary/aromatic N) is 1. The first kappa shape index (κ1) is 18.5. The number of hydrogen-bond donors (Lipinski definition) is 0.